The highest BCUT2D eigenvalue weighted by atomic mass is 16.5. The van der Waals surface area contributed by atoms with Crippen LogP contribution in [0.3, 0.4) is 0 Å². The normalized spacial score (nSPS) is 10.4. The minimum absolute atomic E-state index is 0.0513. The molecule has 0 atom stereocenters. The van der Waals surface area contributed by atoms with Gasteiger partial charge in [-0.05, 0) is 49.4 Å². The maximum atomic E-state index is 12.0. The van der Waals surface area contributed by atoms with Crippen LogP contribution in [0.2, 0.25) is 0 Å². The summed E-state index contributed by atoms with van der Waals surface area (Å²) in [5, 5.41) is 3.94. The molecule has 0 radical (unpaired) electrons. The molecule has 150 valence electrons. The number of hydrogen-bond donors (Lipinski definition) is 0. The molecule has 8 nitrogen and oxygen atoms in total. The van der Waals surface area contributed by atoms with E-state index in [0.29, 0.717) is 40.1 Å². The summed E-state index contributed by atoms with van der Waals surface area (Å²) in [6.07, 6.45) is 0.312. The number of ether oxygens (including phenoxy) is 3. The summed E-state index contributed by atoms with van der Waals surface area (Å²) in [6.45, 7) is 1.47. The summed E-state index contributed by atoms with van der Waals surface area (Å²) in [7, 11) is 3.10. The van der Waals surface area contributed by atoms with E-state index in [4.69, 9.17) is 18.7 Å². The molecule has 2 aromatic carbocycles. The fraction of sp³-hybridized carbons (Fsp3) is 0.238. The van der Waals surface area contributed by atoms with E-state index in [9.17, 15) is 9.59 Å². The molecule has 0 aliphatic heterocycles. The van der Waals surface area contributed by atoms with E-state index < -0.39 is 5.97 Å². The molecule has 0 unspecified atom stereocenters. The van der Waals surface area contributed by atoms with Crippen LogP contribution in [0.4, 0.5) is 0 Å². The van der Waals surface area contributed by atoms with Crippen LogP contribution in [0.25, 0.3) is 11.4 Å². The minimum atomic E-state index is -0.438. The molecule has 1 aromatic heterocycles. The molecular formula is C21H20N2O6. The van der Waals surface area contributed by atoms with Crippen LogP contribution >= 0.6 is 0 Å². The fourth-order valence-corrected chi connectivity index (χ4v) is 2.60. The third-order valence-electron chi connectivity index (χ3n) is 4.15. The van der Waals surface area contributed by atoms with Gasteiger partial charge < -0.3 is 18.7 Å². The third-order valence-corrected chi connectivity index (χ3v) is 4.15. The van der Waals surface area contributed by atoms with Gasteiger partial charge in [0, 0.05) is 17.5 Å². The highest BCUT2D eigenvalue weighted by Gasteiger charge is 2.14. The summed E-state index contributed by atoms with van der Waals surface area (Å²) in [4.78, 5) is 27.6. The number of carbonyl (C=O) groups excluding carboxylic acids is 2. The average molecular weight is 396 g/mol. The smallest absolute Gasteiger partial charge is 0.311 e. The summed E-state index contributed by atoms with van der Waals surface area (Å²) in [6, 6.07) is 11.7. The number of methoxy groups -OCH3 is 2. The lowest BCUT2D eigenvalue weighted by molar-refractivity contribution is -0.134. The average Bonchev–Trinajstić information content (AvgIpc) is 3.21. The fourth-order valence-electron chi connectivity index (χ4n) is 2.60. The molecular weight excluding hydrogens is 376 g/mol. The number of Topliss-reactive ketones (excluding diaryl/α,β-unsaturated/α-hetero) is 1. The zero-order chi connectivity index (χ0) is 20.8. The van der Waals surface area contributed by atoms with Gasteiger partial charge in [0.1, 0.15) is 5.75 Å². The van der Waals surface area contributed by atoms with Crippen LogP contribution in [0.15, 0.2) is 47.0 Å². The SMILES string of the molecule is COc1ccc(-c2noc(CCC(=O)Oc3ccc(C(C)=O)cc3)n2)cc1OC. The molecule has 3 rings (SSSR count). The zero-order valence-electron chi connectivity index (χ0n) is 16.3. The van der Waals surface area contributed by atoms with Gasteiger partial charge in [0.25, 0.3) is 0 Å². The van der Waals surface area contributed by atoms with Gasteiger partial charge in [0.15, 0.2) is 17.3 Å². The van der Waals surface area contributed by atoms with Crippen molar-refractivity contribution in [2.24, 2.45) is 0 Å². The Morgan fingerprint density at radius 3 is 2.38 bits per heavy atom. The van der Waals surface area contributed by atoms with Crippen molar-refractivity contribution in [3.05, 3.63) is 53.9 Å². The summed E-state index contributed by atoms with van der Waals surface area (Å²) in [5.41, 5.74) is 1.25. The van der Waals surface area contributed by atoms with Crippen molar-refractivity contribution in [1.29, 1.82) is 0 Å². The summed E-state index contributed by atoms with van der Waals surface area (Å²) < 4.78 is 20.9. The van der Waals surface area contributed by atoms with E-state index in [-0.39, 0.29) is 18.6 Å². The van der Waals surface area contributed by atoms with Crippen LogP contribution in [-0.4, -0.2) is 36.1 Å². The molecule has 0 N–H and O–H groups in total. The molecule has 29 heavy (non-hydrogen) atoms. The summed E-state index contributed by atoms with van der Waals surface area (Å²) >= 11 is 0. The second-order valence-electron chi connectivity index (χ2n) is 6.14. The Bertz CT molecular complexity index is 1010. The number of aryl methyl sites for hydroxylation is 1. The van der Waals surface area contributed by atoms with Crippen molar-refractivity contribution in [3.63, 3.8) is 0 Å². The van der Waals surface area contributed by atoms with Crippen LogP contribution in [0.1, 0.15) is 29.6 Å². The van der Waals surface area contributed by atoms with Crippen molar-refractivity contribution in [2.75, 3.05) is 14.2 Å². The Balaban J connectivity index is 1.59. The number of carbonyl (C=O) groups is 2. The Hall–Kier alpha value is -3.68. The number of ketones is 1. The number of aromatic nitrogens is 2. The first kappa shape index (κ1) is 20.1. The molecule has 1 heterocycles. The number of benzene rings is 2. The van der Waals surface area contributed by atoms with Gasteiger partial charge in [-0.1, -0.05) is 5.16 Å². The number of hydrogen-bond acceptors (Lipinski definition) is 8. The van der Waals surface area contributed by atoms with E-state index in [0.717, 1.165) is 0 Å². The highest BCUT2D eigenvalue weighted by Crippen LogP contribution is 2.31. The van der Waals surface area contributed by atoms with Crippen molar-refractivity contribution in [3.8, 4) is 28.6 Å². The van der Waals surface area contributed by atoms with Crippen LogP contribution in [0, 0.1) is 0 Å². The second-order valence-corrected chi connectivity index (χ2v) is 6.14. The Morgan fingerprint density at radius 1 is 1.00 bits per heavy atom. The van der Waals surface area contributed by atoms with Gasteiger partial charge >= 0.3 is 5.97 Å². The van der Waals surface area contributed by atoms with Crippen molar-refractivity contribution < 1.29 is 28.3 Å². The molecule has 0 saturated carbocycles. The van der Waals surface area contributed by atoms with Gasteiger partial charge in [0.05, 0.1) is 20.6 Å². The van der Waals surface area contributed by atoms with Gasteiger partial charge in [0.2, 0.25) is 11.7 Å². The van der Waals surface area contributed by atoms with E-state index in [1.807, 2.05) is 0 Å². The third kappa shape index (κ3) is 4.98. The quantitative estimate of drug-likeness (QED) is 0.324. The lowest BCUT2D eigenvalue weighted by Crippen LogP contribution is -2.09. The molecule has 8 heteroatoms. The zero-order valence-corrected chi connectivity index (χ0v) is 16.3. The Morgan fingerprint density at radius 2 is 1.72 bits per heavy atom. The number of esters is 1. The molecule has 3 aromatic rings. The van der Waals surface area contributed by atoms with Gasteiger partial charge in [-0.2, -0.15) is 4.98 Å². The second kappa shape index (κ2) is 9.01. The molecule has 0 spiro atoms. The van der Waals surface area contributed by atoms with Crippen LogP contribution < -0.4 is 14.2 Å². The van der Waals surface area contributed by atoms with Gasteiger partial charge in [-0.3, -0.25) is 9.59 Å². The number of rotatable bonds is 8. The summed E-state index contributed by atoms with van der Waals surface area (Å²) in [5.74, 6) is 1.73. The van der Waals surface area contributed by atoms with E-state index >= 15 is 0 Å². The lowest BCUT2D eigenvalue weighted by Gasteiger charge is -2.07. The predicted octanol–water partition coefficient (Wildman–Crippen LogP) is 3.49. The lowest BCUT2D eigenvalue weighted by atomic mass is 10.1. The minimum Gasteiger partial charge on any atom is -0.493 e. The monoisotopic (exact) mass is 396 g/mol. The van der Waals surface area contributed by atoms with E-state index in [2.05, 4.69) is 10.1 Å². The maximum absolute atomic E-state index is 12.0. The Kier molecular flexibility index (Phi) is 6.23. The topological polar surface area (TPSA) is 101 Å². The van der Waals surface area contributed by atoms with Crippen molar-refractivity contribution >= 4 is 11.8 Å². The van der Waals surface area contributed by atoms with Gasteiger partial charge in [-0.25, -0.2) is 0 Å². The van der Waals surface area contributed by atoms with Crippen molar-refractivity contribution in [1.82, 2.24) is 10.1 Å². The van der Waals surface area contributed by atoms with Crippen LogP contribution in [-0.2, 0) is 11.2 Å². The first-order valence-corrected chi connectivity index (χ1v) is 8.87. The molecule has 0 bridgehead atoms. The molecule has 0 amide bonds. The first-order valence-electron chi connectivity index (χ1n) is 8.87. The molecule has 0 saturated heterocycles. The molecule has 0 aliphatic carbocycles. The van der Waals surface area contributed by atoms with E-state index in [1.54, 1.807) is 56.7 Å². The Labute approximate surface area is 167 Å². The number of nitrogens with zero attached hydrogens (tertiary/aromatic N) is 2. The maximum Gasteiger partial charge on any atom is 0.311 e. The largest absolute Gasteiger partial charge is 0.493 e. The van der Waals surface area contributed by atoms with Gasteiger partial charge in [-0.15, -0.1) is 0 Å². The van der Waals surface area contributed by atoms with Crippen LogP contribution in [0.5, 0.6) is 17.2 Å². The molecule has 0 aliphatic rings. The predicted molar refractivity (Wildman–Crippen MR) is 103 cm³/mol. The highest BCUT2D eigenvalue weighted by molar-refractivity contribution is 5.94. The van der Waals surface area contributed by atoms with E-state index in [1.165, 1.54) is 6.92 Å². The standard InChI is InChI=1S/C21H20N2O6/c1-13(24)14-4-7-16(8-5-14)28-20(25)11-10-19-22-21(23-29-19)15-6-9-17(26-2)18(12-15)27-3/h4-9,12H,10-11H2,1-3H3. The van der Waals surface area contributed by atoms with Crippen molar-refractivity contribution in [2.45, 2.75) is 19.8 Å². The first-order chi connectivity index (χ1) is 14.0. The molecule has 0 fully saturated rings.